The first kappa shape index (κ1) is 19.1. The molecule has 30 heavy (non-hydrogen) atoms. The number of nitrogens with zero attached hydrogens (tertiary/aromatic N) is 7. The van der Waals surface area contributed by atoms with Gasteiger partial charge in [0.2, 0.25) is 6.41 Å². The molecule has 4 rings (SSSR count). The van der Waals surface area contributed by atoms with E-state index in [-0.39, 0.29) is 0 Å². The van der Waals surface area contributed by atoms with E-state index < -0.39 is 0 Å². The third-order valence-electron chi connectivity index (χ3n) is 5.12. The van der Waals surface area contributed by atoms with Gasteiger partial charge >= 0.3 is 0 Å². The lowest BCUT2D eigenvalue weighted by Crippen LogP contribution is -2.46. The number of hydrogen-bond acceptors (Lipinski definition) is 7. The highest BCUT2D eigenvalue weighted by Gasteiger charge is 2.19. The average Bonchev–Trinajstić information content (AvgIpc) is 3.23. The highest BCUT2D eigenvalue weighted by Crippen LogP contribution is 2.28. The Morgan fingerprint density at radius 2 is 2.03 bits per heavy atom. The molecule has 2 N–H and O–H groups in total. The van der Waals surface area contributed by atoms with Crippen LogP contribution in [-0.4, -0.2) is 57.1 Å². The lowest BCUT2D eigenvalue weighted by Gasteiger charge is -2.33. The van der Waals surface area contributed by atoms with E-state index in [9.17, 15) is 10.1 Å². The van der Waals surface area contributed by atoms with Crippen molar-refractivity contribution in [2.45, 2.75) is 0 Å². The van der Waals surface area contributed by atoms with Crippen LogP contribution in [0.4, 0.5) is 5.82 Å². The number of allylic oxidation sites excluding steroid dienone is 2. The summed E-state index contributed by atoms with van der Waals surface area (Å²) in [5, 5.41) is 13.8. The van der Waals surface area contributed by atoms with Crippen molar-refractivity contribution in [3.63, 3.8) is 0 Å². The van der Waals surface area contributed by atoms with Crippen LogP contribution in [0.1, 0.15) is 11.3 Å². The second-order valence-electron chi connectivity index (χ2n) is 6.80. The van der Waals surface area contributed by atoms with Crippen LogP contribution in [0.2, 0.25) is 0 Å². The van der Waals surface area contributed by atoms with Crippen molar-refractivity contribution in [2.75, 3.05) is 31.1 Å². The molecule has 0 spiro atoms. The number of piperazine rings is 1. The van der Waals surface area contributed by atoms with Crippen LogP contribution >= 0.6 is 0 Å². The number of amides is 1. The summed E-state index contributed by atoms with van der Waals surface area (Å²) in [7, 11) is 0. The SMILES string of the molecule is C=C/C(=C\N)c1cn2ncc(C#N)c2c(-c2ccc(N3CCN(C=O)CC3)nc2)n1. The normalized spacial score (nSPS) is 14.6. The number of nitriles is 1. The van der Waals surface area contributed by atoms with Crippen LogP contribution < -0.4 is 10.6 Å². The Hall–Kier alpha value is -4.19. The Morgan fingerprint density at radius 1 is 1.23 bits per heavy atom. The van der Waals surface area contributed by atoms with Crippen molar-refractivity contribution in [2.24, 2.45) is 5.73 Å². The molecule has 150 valence electrons. The largest absolute Gasteiger partial charge is 0.404 e. The Kier molecular flexibility index (Phi) is 5.13. The lowest BCUT2D eigenvalue weighted by molar-refractivity contribution is -0.118. The van der Waals surface area contributed by atoms with Crippen molar-refractivity contribution in [1.82, 2.24) is 24.5 Å². The van der Waals surface area contributed by atoms with Gasteiger partial charge in [0.25, 0.3) is 0 Å². The van der Waals surface area contributed by atoms with Crippen molar-refractivity contribution >= 4 is 23.3 Å². The predicted molar refractivity (Wildman–Crippen MR) is 113 cm³/mol. The van der Waals surface area contributed by atoms with Crippen LogP contribution in [0.5, 0.6) is 0 Å². The molecule has 0 saturated carbocycles. The van der Waals surface area contributed by atoms with Crippen LogP contribution in [0, 0.1) is 11.3 Å². The van der Waals surface area contributed by atoms with E-state index in [1.807, 2.05) is 12.1 Å². The van der Waals surface area contributed by atoms with Gasteiger partial charge in [-0.2, -0.15) is 10.4 Å². The molecule has 0 atom stereocenters. The summed E-state index contributed by atoms with van der Waals surface area (Å²) in [6, 6.07) is 6.01. The van der Waals surface area contributed by atoms with Crippen molar-refractivity contribution < 1.29 is 4.79 Å². The molecule has 1 amide bonds. The van der Waals surface area contributed by atoms with E-state index in [0.717, 1.165) is 30.9 Å². The molecule has 0 radical (unpaired) electrons. The van der Waals surface area contributed by atoms with Crippen molar-refractivity contribution in [3.8, 4) is 17.3 Å². The summed E-state index contributed by atoms with van der Waals surface area (Å²) in [6.45, 7) is 6.58. The van der Waals surface area contributed by atoms with Gasteiger partial charge in [0.15, 0.2) is 0 Å². The standard InChI is InChI=1S/C21H20N8O/c1-2-15(9-22)18-13-29-21(17(10-23)12-25-29)20(26-18)16-3-4-19(24-11-16)28-7-5-27(14-30)6-8-28/h2-4,9,11-14H,1,5-8,22H2/b15-9+. The molecule has 9 nitrogen and oxygen atoms in total. The molecule has 1 aliphatic rings. The van der Waals surface area contributed by atoms with E-state index in [2.05, 4.69) is 27.6 Å². The van der Waals surface area contributed by atoms with Gasteiger partial charge in [0.1, 0.15) is 23.0 Å². The van der Waals surface area contributed by atoms with Crippen LogP contribution in [-0.2, 0) is 4.79 Å². The molecule has 0 aromatic carbocycles. The quantitative estimate of drug-likeness (QED) is 0.508. The van der Waals surface area contributed by atoms with E-state index >= 15 is 0 Å². The lowest BCUT2D eigenvalue weighted by atomic mass is 10.1. The number of hydrogen-bond donors (Lipinski definition) is 1. The first-order valence-corrected chi connectivity index (χ1v) is 9.42. The Morgan fingerprint density at radius 3 is 2.63 bits per heavy atom. The molecule has 1 aliphatic heterocycles. The summed E-state index contributed by atoms with van der Waals surface area (Å²) in [5.41, 5.74) is 9.34. The fraction of sp³-hybridized carbons (Fsp3) is 0.190. The Labute approximate surface area is 173 Å². The zero-order valence-electron chi connectivity index (χ0n) is 16.3. The van der Waals surface area contributed by atoms with Gasteiger partial charge in [-0.1, -0.05) is 12.7 Å². The molecule has 1 fully saturated rings. The maximum Gasteiger partial charge on any atom is 0.209 e. The third-order valence-corrected chi connectivity index (χ3v) is 5.12. The van der Waals surface area contributed by atoms with E-state index in [0.29, 0.717) is 41.1 Å². The summed E-state index contributed by atoms with van der Waals surface area (Å²) < 4.78 is 1.62. The molecule has 3 aromatic rings. The van der Waals surface area contributed by atoms with Gasteiger partial charge in [-0.3, -0.25) is 4.79 Å². The predicted octanol–water partition coefficient (Wildman–Crippen LogP) is 1.43. The smallest absolute Gasteiger partial charge is 0.209 e. The van der Waals surface area contributed by atoms with Gasteiger partial charge < -0.3 is 15.5 Å². The first-order chi connectivity index (χ1) is 14.7. The monoisotopic (exact) mass is 400 g/mol. The van der Waals surface area contributed by atoms with Crippen LogP contribution in [0.15, 0.2) is 49.6 Å². The number of fused-ring (bicyclic) bond motifs is 1. The molecule has 0 unspecified atom stereocenters. The first-order valence-electron chi connectivity index (χ1n) is 9.42. The summed E-state index contributed by atoms with van der Waals surface area (Å²) in [5.74, 6) is 0.833. The maximum absolute atomic E-state index is 10.9. The highest BCUT2D eigenvalue weighted by molar-refractivity contribution is 5.83. The van der Waals surface area contributed by atoms with Gasteiger partial charge in [0, 0.05) is 49.7 Å². The number of rotatable bonds is 5. The molecule has 9 heteroatoms. The number of aromatic nitrogens is 4. The van der Waals surface area contributed by atoms with Crippen molar-refractivity contribution in [1.29, 1.82) is 5.26 Å². The molecule has 1 saturated heterocycles. The Bertz CT molecular complexity index is 1160. The van der Waals surface area contributed by atoms with Gasteiger partial charge in [-0.15, -0.1) is 0 Å². The maximum atomic E-state index is 10.9. The average molecular weight is 400 g/mol. The van der Waals surface area contributed by atoms with Crippen LogP contribution in [0.3, 0.4) is 0 Å². The minimum Gasteiger partial charge on any atom is -0.404 e. The van der Waals surface area contributed by atoms with E-state index in [1.165, 1.54) is 12.4 Å². The third kappa shape index (κ3) is 3.35. The zero-order valence-corrected chi connectivity index (χ0v) is 16.3. The summed E-state index contributed by atoms with van der Waals surface area (Å²) in [4.78, 5) is 24.1. The summed E-state index contributed by atoms with van der Waals surface area (Å²) >= 11 is 0. The van der Waals surface area contributed by atoms with Gasteiger partial charge in [-0.05, 0) is 12.1 Å². The molecular formula is C21H20N8O. The molecule has 0 aliphatic carbocycles. The fourth-order valence-corrected chi connectivity index (χ4v) is 3.46. The topological polar surface area (TPSA) is 116 Å². The van der Waals surface area contributed by atoms with Gasteiger partial charge in [-0.25, -0.2) is 14.5 Å². The number of carbonyl (C=O) groups is 1. The highest BCUT2D eigenvalue weighted by atomic mass is 16.1. The number of anilines is 1. The molecule has 3 aromatic heterocycles. The molecule has 0 bridgehead atoms. The Balaban J connectivity index is 1.75. The number of pyridine rings is 1. The van der Waals surface area contributed by atoms with Crippen LogP contribution in [0.25, 0.3) is 22.3 Å². The zero-order chi connectivity index (χ0) is 21.1. The van der Waals surface area contributed by atoms with Gasteiger partial charge in [0.05, 0.1) is 23.8 Å². The number of nitrogens with two attached hydrogens (primary N) is 1. The second kappa shape index (κ2) is 8.05. The van der Waals surface area contributed by atoms with Crippen molar-refractivity contribution in [3.05, 3.63) is 60.8 Å². The molecule has 4 heterocycles. The van der Waals surface area contributed by atoms with E-state index in [1.54, 1.807) is 27.9 Å². The minimum absolute atomic E-state index is 0.426. The fourth-order valence-electron chi connectivity index (χ4n) is 3.46. The summed E-state index contributed by atoms with van der Waals surface area (Å²) in [6.07, 6.45) is 8.89. The van der Waals surface area contributed by atoms with E-state index in [4.69, 9.17) is 10.7 Å². The number of carbonyl (C=O) groups excluding carboxylic acids is 1. The minimum atomic E-state index is 0.426. The second-order valence-corrected chi connectivity index (χ2v) is 6.80. The molecular weight excluding hydrogens is 380 g/mol.